The number of hydrogen-bond acceptors (Lipinski definition) is 3. The zero-order chi connectivity index (χ0) is 15.5. The van der Waals surface area contributed by atoms with Crippen LogP contribution in [0, 0.1) is 5.92 Å². The fraction of sp³-hybridized carbons (Fsp3) is 0.867. The summed E-state index contributed by atoms with van der Waals surface area (Å²) in [6.07, 6.45) is 6.53. The largest absolute Gasteiger partial charge is 0.481 e. The third kappa shape index (κ3) is 7.90. The highest BCUT2D eigenvalue weighted by molar-refractivity contribution is 5.74. The van der Waals surface area contributed by atoms with Crippen molar-refractivity contribution in [3.63, 3.8) is 0 Å². The summed E-state index contributed by atoms with van der Waals surface area (Å²) >= 11 is 0. The molecule has 0 radical (unpaired) electrons. The number of carboxylic acids is 1. The Labute approximate surface area is 126 Å². The predicted octanol–water partition coefficient (Wildman–Crippen LogP) is 1.83. The highest BCUT2D eigenvalue weighted by Crippen LogP contribution is 2.19. The first-order valence-electron chi connectivity index (χ1n) is 7.99. The molecule has 1 heterocycles. The SMILES string of the molecule is O=C(O)CCCCCCNC(=O)N1CCCC(CCO)C1. The van der Waals surface area contributed by atoms with Crippen LogP contribution in [0.4, 0.5) is 4.79 Å². The van der Waals surface area contributed by atoms with E-state index in [1.807, 2.05) is 4.90 Å². The van der Waals surface area contributed by atoms with E-state index >= 15 is 0 Å². The number of aliphatic hydroxyl groups is 1. The molecule has 0 aliphatic carbocycles. The van der Waals surface area contributed by atoms with E-state index < -0.39 is 5.97 Å². The van der Waals surface area contributed by atoms with E-state index in [1.165, 1.54) is 0 Å². The normalized spacial score (nSPS) is 18.5. The van der Waals surface area contributed by atoms with Gasteiger partial charge in [-0.05, 0) is 38.0 Å². The lowest BCUT2D eigenvalue weighted by molar-refractivity contribution is -0.137. The van der Waals surface area contributed by atoms with E-state index in [1.54, 1.807) is 0 Å². The smallest absolute Gasteiger partial charge is 0.317 e. The van der Waals surface area contributed by atoms with Crippen LogP contribution in [0.25, 0.3) is 0 Å². The van der Waals surface area contributed by atoms with E-state index in [-0.39, 0.29) is 19.1 Å². The Bertz CT molecular complexity index is 321. The van der Waals surface area contributed by atoms with Gasteiger partial charge in [-0.1, -0.05) is 12.8 Å². The summed E-state index contributed by atoms with van der Waals surface area (Å²) in [7, 11) is 0. The maximum atomic E-state index is 12.0. The number of unbranched alkanes of at least 4 members (excludes halogenated alkanes) is 3. The van der Waals surface area contributed by atoms with Crippen LogP contribution in [-0.4, -0.2) is 53.4 Å². The lowest BCUT2D eigenvalue weighted by Crippen LogP contribution is -2.45. The van der Waals surface area contributed by atoms with Crippen LogP contribution >= 0.6 is 0 Å². The number of aliphatic hydroxyl groups excluding tert-OH is 1. The summed E-state index contributed by atoms with van der Waals surface area (Å²) in [6, 6.07) is -0.0109. The molecule has 1 rings (SSSR count). The van der Waals surface area contributed by atoms with Gasteiger partial charge in [0.15, 0.2) is 0 Å². The topological polar surface area (TPSA) is 89.9 Å². The average Bonchev–Trinajstić information content (AvgIpc) is 2.46. The molecule has 6 heteroatoms. The molecule has 3 N–H and O–H groups in total. The minimum atomic E-state index is -0.745. The van der Waals surface area contributed by atoms with Crippen LogP contribution in [0.15, 0.2) is 0 Å². The molecule has 0 aromatic heterocycles. The van der Waals surface area contributed by atoms with E-state index in [4.69, 9.17) is 10.2 Å². The van der Waals surface area contributed by atoms with Crippen LogP contribution in [0.2, 0.25) is 0 Å². The number of nitrogens with zero attached hydrogens (tertiary/aromatic N) is 1. The van der Waals surface area contributed by atoms with Crippen molar-refractivity contribution in [2.75, 3.05) is 26.2 Å². The molecule has 21 heavy (non-hydrogen) atoms. The number of urea groups is 1. The van der Waals surface area contributed by atoms with Crippen molar-refractivity contribution < 1.29 is 19.8 Å². The van der Waals surface area contributed by atoms with Crippen LogP contribution in [0.3, 0.4) is 0 Å². The molecular formula is C15H28N2O4. The summed E-state index contributed by atoms with van der Waals surface area (Å²) in [6.45, 7) is 2.38. The number of carboxylic acid groups (broad SMARTS) is 1. The van der Waals surface area contributed by atoms with Gasteiger partial charge in [0.2, 0.25) is 0 Å². The number of likely N-dealkylation sites (tertiary alicyclic amines) is 1. The van der Waals surface area contributed by atoms with Crippen LogP contribution in [0.1, 0.15) is 51.4 Å². The molecule has 122 valence electrons. The molecule has 0 aromatic carbocycles. The van der Waals surface area contributed by atoms with Crippen molar-refractivity contribution >= 4 is 12.0 Å². The minimum Gasteiger partial charge on any atom is -0.481 e. The lowest BCUT2D eigenvalue weighted by atomic mass is 9.95. The number of piperidine rings is 1. The van der Waals surface area contributed by atoms with Gasteiger partial charge < -0.3 is 20.4 Å². The summed E-state index contributed by atoms with van der Waals surface area (Å²) in [5.41, 5.74) is 0. The molecular weight excluding hydrogens is 272 g/mol. The monoisotopic (exact) mass is 300 g/mol. The second-order valence-corrected chi connectivity index (χ2v) is 5.76. The van der Waals surface area contributed by atoms with Crippen molar-refractivity contribution in [2.24, 2.45) is 5.92 Å². The van der Waals surface area contributed by atoms with Crippen molar-refractivity contribution in [3.8, 4) is 0 Å². The average molecular weight is 300 g/mol. The Balaban J connectivity index is 2.06. The second-order valence-electron chi connectivity index (χ2n) is 5.76. The van der Waals surface area contributed by atoms with Crippen LogP contribution < -0.4 is 5.32 Å². The quantitative estimate of drug-likeness (QED) is 0.567. The van der Waals surface area contributed by atoms with Crippen molar-refractivity contribution in [2.45, 2.75) is 51.4 Å². The molecule has 0 spiro atoms. The number of carbonyl (C=O) groups is 2. The van der Waals surface area contributed by atoms with Crippen LogP contribution in [-0.2, 0) is 4.79 Å². The van der Waals surface area contributed by atoms with Crippen LogP contribution in [0.5, 0.6) is 0 Å². The van der Waals surface area contributed by atoms with Gasteiger partial charge in [0.1, 0.15) is 0 Å². The van der Waals surface area contributed by atoms with Gasteiger partial charge >= 0.3 is 12.0 Å². The second kappa shape index (κ2) is 10.4. The standard InChI is InChI=1S/C15H28N2O4/c18-11-8-13-6-5-10-17(12-13)15(21)16-9-4-2-1-3-7-14(19)20/h13,18H,1-12H2,(H,16,21)(H,19,20). The Morgan fingerprint density at radius 1 is 1.19 bits per heavy atom. The zero-order valence-electron chi connectivity index (χ0n) is 12.7. The summed E-state index contributed by atoms with van der Waals surface area (Å²) in [5.74, 6) is -0.323. The van der Waals surface area contributed by atoms with Gasteiger partial charge in [-0.15, -0.1) is 0 Å². The molecule has 0 aromatic rings. The highest BCUT2D eigenvalue weighted by Gasteiger charge is 2.22. The van der Waals surface area contributed by atoms with E-state index in [9.17, 15) is 9.59 Å². The third-order valence-corrected chi connectivity index (χ3v) is 3.94. The van der Waals surface area contributed by atoms with Gasteiger partial charge in [-0.25, -0.2) is 4.79 Å². The first-order valence-corrected chi connectivity index (χ1v) is 7.99. The molecule has 1 unspecified atom stereocenters. The minimum absolute atomic E-state index is 0.0109. The number of nitrogens with one attached hydrogen (secondary N) is 1. The number of amides is 2. The van der Waals surface area contributed by atoms with Gasteiger partial charge in [0.25, 0.3) is 0 Å². The maximum Gasteiger partial charge on any atom is 0.317 e. The number of aliphatic carboxylic acids is 1. The molecule has 1 fully saturated rings. The summed E-state index contributed by atoms with van der Waals surface area (Å²) < 4.78 is 0. The number of rotatable bonds is 9. The summed E-state index contributed by atoms with van der Waals surface area (Å²) in [5, 5.41) is 20.4. The molecule has 1 saturated heterocycles. The molecule has 0 saturated carbocycles. The lowest BCUT2D eigenvalue weighted by Gasteiger charge is -2.32. The van der Waals surface area contributed by atoms with Crippen molar-refractivity contribution in [3.05, 3.63) is 0 Å². The molecule has 2 amide bonds. The Morgan fingerprint density at radius 2 is 1.95 bits per heavy atom. The van der Waals surface area contributed by atoms with Gasteiger partial charge in [-0.3, -0.25) is 4.79 Å². The maximum absolute atomic E-state index is 12.0. The Morgan fingerprint density at radius 3 is 2.67 bits per heavy atom. The third-order valence-electron chi connectivity index (χ3n) is 3.94. The molecule has 1 aliphatic rings. The van der Waals surface area contributed by atoms with Crippen molar-refractivity contribution in [1.29, 1.82) is 0 Å². The molecule has 1 aliphatic heterocycles. The fourth-order valence-electron chi connectivity index (χ4n) is 2.73. The fourth-order valence-corrected chi connectivity index (χ4v) is 2.73. The highest BCUT2D eigenvalue weighted by atomic mass is 16.4. The van der Waals surface area contributed by atoms with E-state index in [0.717, 1.165) is 51.6 Å². The first kappa shape index (κ1) is 17.8. The van der Waals surface area contributed by atoms with Gasteiger partial charge in [0, 0.05) is 32.7 Å². The Hall–Kier alpha value is -1.30. The first-order chi connectivity index (χ1) is 10.1. The Kier molecular flexibility index (Phi) is 8.82. The molecule has 6 nitrogen and oxygen atoms in total. The summed E-state index contributed by atoms with van der Waals surface area (Å²) in [4.78, 5) is 24.2. The van der Waals surface area contributed by atoms with Gasteiger partial charge in [0.05, 0.1) is 0 Å². The van der Waals surface area contributed by atoms with E-state index in [2.05, 4.69) is 5.32 Å². The molecule has 0 bridgehead atoms. The number of hydrogen-bond donors (Lipinski definition) is 3. The predicted molar refractivity (Wildman–Crippen MR) is 80.1 cm³/mol. The zero-order valence-corrected chi connectivity index (χ0v) is 12.7. The molecule has 1 atom stereocenters. The van der Waals surface area contributed by atoms with Crippen molar-refractivity contribution in [1.82, 2.24) is 10.2 Å². The van der Waals surface area contributed by atoms with Gasteiger partial charge in [-0.2, -0.15) is 0 Å². The number of carbonyl (C=O) groups excluding carboxylic acids is 1. The van der Waals surface area contributed by atoms with E-state index in [0.29, 0.717) is 18.9 Å².